The Kier molecular flexibility index (Phi) is 4.85. The molecule has 0 amide bonds. The zero-order valence-corrected chi connectivity index (χ0v) is 10.9. The molecule has 0 heterocycles. The van der Waals surface area contributed by atoms with E-state index in [1.165, 1.54) is 4.90 Å². The summed E-state index contributed by atoms with van der Waals surface area (Å²) < 4.78 is 1.03. The molecule has 0 aliphatic carbocycles. The summed E-state index contributed by atoms with van der Waals surface area (Å²) >= 11 is 10.8. The number of nitrogens with two attached hydrogens (primary N) is 1. The predicted octanol–water partition coefficient (Wildman–Crippen LogP) is 4.27. The van der Waals surface area contributed by atoms with E-state index in [0.717, 1.165) is 21.5 Å². The van der Waals surface area contributed by atoms with Crippen molar-refractivity contribution in [2.45, 2.75) is 11.8 Å². The summed E-state index contributed by atoms with van der Waals surface area (Å²) in [6.45, 7) is 2.01. The van der Waals surface area contributed by atoms with Crippen LogP contribution >= 0.6 is 39.3 Å². The molecule has 0 aliphatic rings. The van der Waals surface area contributed by atoms with E-state index in [2.05, 4.69) is 15.9 Å². The second kappa shape index (κ2) is 5.69. The highest BCUT2D eigenvalue weighted by atomic mass is 79.9. The maximum atomic E-state index is 5.64. The summed E-state index contributed by atoms with van der Waals surface area (Å²) in [5, 5.41) is 0. The van der Waals surface area contributed by atoms with E-state index in [-0.39, 0.29) is 0 Å². The van der Waals surface area contributed by atoms with Gasteiger partial charge in [-0.05, 0) is 41.1 Å². The second-order valence-corrected chi connectivity index (χ2v) is 5.02. The summed E-state index contributed by atoms with van der Waals surface area (Å²) in [5.41, 5.74) is 9.17. The van der Waals surface area contributed by atoms with Crippen molar-refractivity contribution < 1.29 is 0 Å². The van der Waals surface area contributed by atoms with Gasteiger partial charge in [-0.25, -0.2) is 0 Å². The summed E-state index contributed by atoms with van der Waals surface area (Å²) in [6.07, 6.45) is 0. The van der Waals surface area contributed by atoms with Gasteiger partial charge < -0.3 is 5.73 Å². The van der Waals surface area contributed by atoms with Crippen LogP contribution in [0, 0.1) is 0 Å². The number of halogens is 2. The second-order valence-electron chi connectivity index (χ2n) is 2.93. The van der Waals surface area contributed by atoms with Gasteiger partial charge in [0, 0.05) is 26.3 Å². The smallest absolute Gasteiger partial charge is 0.0331 e. The molecule has 0 atom stereocenters. The summed E-state index contributed by atoms with van der Waals surface area (Å²) in [6, 6.07) is 5.81. The number of thioether (sulfide) groups is 1. The first-order valence-electron chi connectivity index (χ1n) is 4.07. The molecule has 1 rings (SSSR count). The van der Waals surface area contributed by atoms with Crippen LogP contribution in [0.5, 0.6) is 0 Å². The van der Waals surface area contributed by atoms with E-state index in [0.29, 0.717) is 0 Å². The zero-order chi connectivity index (χ0) is 10.6. The molecule has 14 heavy (non-hydrogen) atoms. The van der Waals surface area contributed by atoms with Crippen LogP contribution < -0.4 is 5.73 Å². The van der Waals surface area contributed by atoms with E-state index in [9.17, 15) is 0 Å². The van der Waals surface area contributed by atoms with Crippen LogP contribution in [0.4, 0.5) is 5.69 Å². The standard InChI is InChI=1S/C10H11BrClNS/c1-7(5-12)6-14-10-3-2-8(13)4-9(10)11/h2-5H,6,13H2,1H3/b7-5-. The first-order chi connectivity index (χ1) is 6.63. The van der Waals surface area contributed by atoms with Crippen molar-refractivity contribution in [1.82, 2.24) is 0 Å². The monoisotopic (exact) mass is 291 g/mol. The Morgan fingerprint density at radius 2 is 2.36 bits per heavy atom. The van der Waals surface area contributed by atoms with Gasteiger partial charge in [-0.15, -0.1) is 11.8 Å². The first-order valence-corrected chi connectivity index (χ1v) is 6.28. The quantitative estimate of drug-likeness (QED) is 0.665. The lowest BCUT2D eigenvalue weighted by atomic mass is 10.3. The maximum Gasteiger partial charge on any atom is 0.0331 e. The number of hydrogen-bond acceptors (Lipinski definition) is 2. The third-order valence-electron chi connectivity index (χ3n) is 1.60. The molecule has 76 valence electrons. The van der Waals surface area contributed by atoms with E-state index in [4.69, 9.17) is 17.3 Å². The number of anilines is 1. The normalized spacial score (nSPS) is 11.8. The van der Waals surface area contributed by atoms with E-state index in [1.807, 2.05) is 25.1 Å². The van der Waals surface area contributed by atoms with E-state index >= 15 is 0 Å². The molecular weight excluding hydrogens is 282 g/mol. The third kappa shape index (κ3) is 3.56. The molecule has 0 saturated carbocycles. The third-order valence-corrected chi connectivity index (χ3v) is 4.16. The topological polar surface area (TPSA) is 26.0 Å². The van der Waals surface area contributed by atoms with Gasteiger partial charge in [0.15, 0.2) is 0 Å². The predicted molar refractivity (Wildman–Crippen MR) is 68.9 cm³/mol. The fourth-order valence-corrected chi connectivity index (χ4v) is 2.59. The fraction of sp³-hybridized carbons (Fsp3) is 0.200. The van der Waals surface area contributed by atoms with Gasteiger partial charge in [0.05, 0.1) is 0 Å². The summed E-state index contributed by atoms with van der Waals surface area (Å²) in [4.78, 5) is 1.18. The van der Waals surface area contributed by atoms with Crippen LogP contribution in [0.3, 0.4) is 0 Å². The van der Waals surface area contributed by atoms with E-state index < -0.39 is 0 Å². The molecule has 0 fully saturated rings. The molecule has 0 saturated heterocycles. The lowest BCUT2D eigenvalue weighted by Gasteiger charge is -2.04. The highest BCUT2D eigenvalue weighted by Crippen LogP contribution is 2.30. The lowest BCUT2D eigenvalue weighted by molar-refractivity contribution is 1.37. The van der Waals surface area contributed by atoms with Crippen molar-refractivity contribution in [2.75, 3.05) is 11.5 Å². The van der Waals surface area contributed by atoms with Gasteiger partial charge in [0.2, 0.25) is 0 Å². The average Bonchev–Trinajstić information content (AvgIpc) is 2.16. The Hall–Kier alpha value is -0.120. The van der Waals surface area contributed by atoms with Crippen molar-refractivity contribution in [3.8, 4) is 0 Å². The van der Waals surface area contributed by atoms with Crippen LogP contribution in [0.25, 0.3) is 0 Å². The molecule has 0 aromatic heterocycles. The minimum Gasteiger partial charge on any atom is -0.399 e. The number of hydrogen-bond donors (Lipinski definition) is 1. The van der Waals surface area contributed by atoms with Gasteiger partial charge in [-0.2, -0.15) is 0 Å². The Morgan fingerprint density at radius 1 is 1.64 bits per heavy atom. The van der Waals surface area contributed by atoms with E-state index in [1.54, 1.807) is 17.3 Å². The molecule has 0 unspecified atom stereocenters. The highest BCUT2D eigenvalue weighted by molar-refractivity contribution is 9.10. The van der Waals surface area contributed by atoms with Gasteiger partial charge in [-0.3, -0.25) is 0 Å². The fourth-order valence-electron chi connectivity index (χ4n) is 0.857. The molecule has 4 heteroatoms. The molecule has 0 aliphatic heterocycles. The maximum absolute atomic E-state index is 5.64. The molecule has 1 aromatic rings. The molecule has 1 aromatic carbocycles. The first kappa shape index (κ1) is 12.0. The minimum absolute atomic E-state index is 0.769. The van der Waals surface area contributed by atoms with Gasteiger partial charge in [-0.1, -0.05) is 17.2 Å². The number of rotatable bonds is 3. The zero-order valence-electron chi connectivity index (χ0n) is 7.76. The summed E-state index contributed by atoms with van der Waals surface area (Å²) in [5.74, 6) is 0.895. The van der Waals surface area contributed by atoms with Crippen LogP contribution in [-0.2, 0) is 0 Å². The van der Waals surface area contributed by atoms with Gasteiger partial charge >= 0.3 is 0 Å². The van der Waals surface area contributed by atoms with Crippen molar-refractivity contribution >= 4 is 45.0 Å². The average molecular weight is 293 g/mol. The number of benzene rings is 1. The molecular formula is C10H11BrClNS. The highest BCUT2D eigenvalue weighted by Gasteiger charge is 2.01. The lowest BCUT2D eigenvalue weighted by Crippen LogP contribution is -1.86. The van der Waals surface area contributed by atoms with Gasteiger partial charge in [0.25, 0.3) is 0 Å². The number of nitrogen functional groups attached to an aromatic ring is 1. The Labute approximate surface area is 102 Å². The van der Waals surface area contributed by atoms with Crippen LogP contribution in [0.15, 0.2) is 38.7 Å². The Bertz CT molecular complexity index is 352. The molecule has 1 nitrogen and oxygen atoms in total. The van der Waals surface area contributed by atoms with Crippen LogP contribution in [-0.4, -0.2) is 5.75 Å². The molecule has 0 bridgehead atoms. The van der Waals surface area contributed by atoms with Crippen molar-refractivity contribution in [1.29, 1.82) is 0 Å². The van der Waals surface area contributed by atoms with Crippen molar-refractivity contribution in [2.24, 2.45) is 0 Å². The summed E-state index contributed by atoms with van der Waals surface area (Å²) in [7, 11) is 0. The largest absolute Gasteiger partial charge is 0.399 e. The van der Waals surface area contributed by atoms with Gasteiger partial charge in [0.1, 0.15) is 0 Å². The van der Waals surface area contributed by atoms with Crippen molar-refractivity contribution in [3.63, 3.8) is 0 Å². The Morgan fingerprint density at radius 3 is 2.93 bits per heavy atom. The minimum atomic E-state index is 0.769. The molecule has 0 spiro atoms. The molecule has 2 N–H and O–H groups in total. The van der Waals surface area contributed by atoms with Crippen LogP contribution in [0.2, 0.25) is 0 Å². The molecule has 0 radical (unpaired) electrons. The SMILES string of the molecule is C/C(=C/Cl)CSc1ccc(N)cc1Br. The Balaban J connectivity index is 2.68. The van der Waals surface area contributed by atoms with Crippen molar-refractivity contribution in [3.05, 3.63) is 33.8 Å². The van der Waals surface area contributed by atoms with Crippen LogP contribution in [0.1, 0.15) is 6.92 Å².